The third-order valence-corrected chi connectivity index (χ3v) is 2.21. The average Bonchev–Trinajstić information content (AvgIpc) is 2.44. The molecular formula is C12H13NO. The van der Waals surface area contributed by atoms with Gasteiger partial charge in [-0.1, -0.05) is 38.1 Å². The normalized spacial score (nSPS) is 17.4. The number of fused-ring (bicyclic) bond motifs is 1. The maximum atomic E-state index is 11.5. The smallest absolute Gasteiger partial charge is 0.256 e. The van der Waals surface area contributed by atoms with E-state index in [0.29, 0.717) is 5.92 Å². The highest BCUT2D eigenvalue weighted by Gasteiger charge is 2.22. The number of nitrogens with one attached hydrogen (secondary N) is 1. The maximum absolute atomic E-state index is 11.5. The zero-order valence-corrected chi connectivity index (χ0v) is 8.37. The van der Waals surface area contributed by atoms with Crippen LogP contribution < -0.4 is 5.32 Å². The number of amides is 1. The summed E-state index contributed by atoms with van der Waals surface area (Å²) in [5, 5.41) is 2.87. The first-order valence-corrected chi connectivity index (χ1v) is 4.81. The lowest BCUT2D eigenvalue weighted by molar-refractivity contribution is 0.0981. The predicted octanol–water partition coefficient (Wildman–Crippen LogP) is 2.43. The molecule has 0 saturated heterocycles. The van der Waals surface area contributed by atoms with E-state index in [2.05, 4.69) is 25.2 Å². The number of carbonyl (C=O) groups excluding carboxylic acids is 1. The second-order valence-electron chi connectivity index (χ2n) is 3.82. The lowest BCUT2D eigenvalue weighted by Gasteiger charge is -2.01. The average molecular weight is 187 g/mol. The van der Waals surface area contributed by atoms with Crippen LogP contribution >= 0.6 is 0 Å². The van der Waals surface area contributed by atoms with Crippen molar-refractivity contribution < 1.29 is 4.79 Å². The highest BCUT2D eigenvalue weighted by molar-refractivity contribution is 6.09. The van der Waals surface area contributed by atoms with E-state index in [4.69, 9.17) is 0 Å². The number of allylic oxidation sites excluding steroid dienone is 1. The van der Waals surface area contributed by atoms with E-state index in [1.165, 1.54) is 0 Å². The molecule has 0 spiro atoms. The van der Waals surface area contributed by atoms with Crippen molar-refractivity contribution in [3.63, 3.8) is 0 Å². The summed E-state index contributed by atoms with van der Waals surface area (Å²) in [6.45, 7) is 4.19. The Bertz CT molecular complexity index is 405. The van der Waals surface area contributed by atoms with Crippen molar-refractivity contribution >= 4 is 11.6 Å². The Balaban J connectivity index is 2.49. The van der Waals surface area contributed by atoms with E-state index in [1.807, 2.05) is 24.3 Å². The lowest BCUT2D eigenvalue weighted by atomic mass is 10.1. The largest absolute Gasteiger partial charge is 0.322 e. The van der Waals surface area contributed by atoms with E-state index in [-0.39, 0.29) is 5.91 Å². The van der Waals surface area contributed by atoms with Crippen LogP contribution in [0.1, 0.15) is 29.8 Å². The SMILES string of the molecule is CC(C)/C=C1\NC(=O)c2ccccc21. The van der Waals surface area contributed by atoms with Gasteiger partial charge in [-0.25, -0.2) is 0 Å². The van der Waals surface area contributed by atoms with Crippen LogP contribution in [0.15, 0.2) is 30.3 Å². The molecule has 2 nitrogen and oxygen atoms in total. The van der Waals surface area contributed by atoms with Crippen LogP contribution in [-0.4, -0.2) is 5.91 Å². The molecule has 0 saturated carbocycles. The van der Waals surface area contributed by atoms with Crippen LogP contribution in [0, 0.1) is 5.92 Å². The van der Waals surface area contributed by atoms with Crippen LogP contribution in [0.25, 0.3) is 5.70 Å². The van der Waals surface area contributed by atoms with Crippen LogP contribution in [0.2, 0.25) is 0 Å². The fourth-order valence-electron chi connectivity index (χ4n) is 1.64. The monoisotopic (exact) mass is 187 g/mol. The highest BCUT2D eigenvalue weighted by Crippen LogP contribution is 2.24. The van der Waals surface area contributed by atoms with Gasteiger partial charge < -0.3 is 5.32 Å². The van der Waals surface area contributed by atoms with Gasteiger partial charge in [-0.05, 0) is 12.0 Å². The van der Waals surface area contributed by atoms with Crippen molar-refractivity contribution in [3.05, 3.63) is 41.5 Å². The van der Waals surface area contributed by atoms with E-state index in [1.54, 1.807) is 0 Å². The second-order valence-corrected chi connectivity index (χ2v) is 3.82. The molecule has 1 aliphatic rings. The van der Waals surface area contributed by atoms with Gasteiger partial charge in [0.2, 0.25) is 0 Å². The number of carbonyl (C=O) groups is 1. The number of hydrogen-bond donors (Lipinski definition) is 1. The molecule has 0 fully saturated rings. The molecule has 2 heteroatoms. The summed E-state index contributed by atoms with van der Waals surface area (Å²) in [6, 6.07) is 7.66. The van der Waals surface area contributed by atoms with Gasteiger partial charge in [-0.3, -0.25) is 4.79 Å². The summed E-state index contributed by atoms with van der Waals surface area (Å²) < 4.78 is 0. The molecule has 14 heavy (non-hydrogen) atoms. The molecule has 0 radical (unpaired) electrons. The van der Waals surface area contributed by atoms with Crippen LogP contribution in [0.3, 0.4) is 0 Å². The van der Waals surface area contributed by atoms with Gasteiger partial charge in [0.15, 0.2) is 0 Å². The van der Waals surface area contributed by atoms with Gasteiger partial charge in [0, 0.05) is 16.8 Å². The molecule has 1 heterocycles. The summed E-state index contributed by atoms with van der Waals surface area (Å²) in [5.74, 6) is 0.448. The molecule has 0 atom stereocenters. The van der Waals surface area contributed by atoms with Gasteiger partial charge in [0.05, 0.1) is 0 Å². The molecule has 0 aliphatic carbocycles. The Kier molecular flexibility index (Phi) is 2.12. The Labute approximate surface area is 83.6 Å². The summed E-state index contributed by atoms with van der Waals surface area (Å²) in [4.78, 5) is 11.5. The van der Waals surface area contributed by atoms with Crippen molar-refractivity contribution in [2.75, 3.05) is 0 Å². The van der Waals surface area contributed by atoms with Gasteiger partial charge in [-0.15, -0.1) is 0 Å². The van der Waals surface area contributed by atoms with Crippen molar-refractivity contribution in [2.45, 2.75) is 13.8 Å². The quantitative estimate of drug-likeness (QED) is 0.718. The predicted molar refractivity (Wildman–Crippen MR) is 56.7 cm³/mol. The first kappa shape index (κ1) is 9.00. The van der Waals surface area contributed by atoms with E-state index in [0.717, 1.165) is 16.8 Å². The van der Waals surface area contributed by atoms with E-state index in [9.17, 15) is 4.79 Å². The third kappa shape index (κ3) is 1.43. The number of benzene rings is 1. The van der Waals surface area contributed by atoms with Crippen LogP contribution in [0.4, 0.5) is 0 Å². The summed E-state index contributed by atoms with van der Waals surface area (Å²) >= 11 is 0. The topological polar surface area (TPSA) is 29.1 Å². The highest BCUT2D eigenvalue weighted by atomic mass is 16.1. The van der Waals surface area contributed by atoms with Crippen LogP contribution in [-0.2, 0) is 0 Å². The minimum absolute atomic E-state index is 0.00694. The molecule has 2 rings (SSSR count). The molecule has 1 aliphatic heterocycles. The van der Waals surface area contributed by atoms with Gasteiger partial charge in [-0.2, -0.15) is 0 Å². The molecule has 0 aromatic heterocycles. The van der Waals surface area contributed by atoms with Crippen molar-refractivity contribution in [2.24, 2.45) is 5.92 Å². The Morgan fingerprint density at radius 1 is 1.21 bits per heavy atom. The van der Waals surface area contributed by atoms with Gasteiger partial charge in [0.25, 0.3) is 5.91 Å². The second kappa shape index (κ2) is 3.29. The molecule has 1 aromatic rings. The zero-order valence-electron chi connectivity index (χ0n) is 8.37. The molecule has 0 unspecified atom stereocenters. The van der Waals surface area contributed by atoms with Gasteiger partial charge in [0.1, 0.15) is 0 Å². The Hall–Kier alpha value is -1.57. The Morgan fingerprint density at radius 2 is 1.86 bits per heavy atom. The summed E-state index contributed by atoms with van der Waals surface area (Å²) in [6.07, 6.45) is 2.07. The fourth-order valence-corrected chi connectivity index (χ4v) is 1.64. The Morgan fingerprint density at radius 3 is 2.50 bits per heavy atom. The molecule has 1 N–H and O–H groups in total. The maximum Gasteiger partial charge on any atom is 0.256 e. The third-order valence-electron chi connectivity index (χ3n) is 2.21. The van der Waals surface area contributed by atoms with Crippen molar-refractivity contribution in [1.82, 2.24) is 5.32 Å². The standard InChI is InChI=1S/C12H13NO/c1-8(2)7-11-9-5-3-4-6-10(9)12(14)13-11/h3-8H,1-2H3,(H,13,14)/b11-7-. The van der Waals surface area contributed by atoms with Crippen LogP contribution in [0.5, 0.6) is 0 Å². The fraction of sp³-hybridized carbons (Fsp3) is 0.250. The molecule has 72 valence electrons. The first-order chi connectivity index (χ1) is 6.68. The van der Waals surface area contributed by atoms with E-state index < -0.39 is 0 Å². The number of rotatable bonds is 1. The van der Waals surface area contributed by atoms with Crippen molar-refractivity contribution in [1.29, 1.82) is 0 Å². The van der Waals surface area contributed by atoms with Crippen molar-refractivity contribution in [3.8, 4) is 0 Å². The lowest BCUT2D eigenvalue weighted by Crippen LogP contribution is -2.12. The molecular weight excluding hydrogens is 174 g/mol. The first-order valence-electron chi connectivity index (χ1n) is 4.81. The minimum Gasteiger partial charge on any atom is -0.322 e. The molecule has 1 aromatic carbocycles. The molecule has 0 bridgehead atoms. The van der Waals surface area contributed by atoms with Gasteiger partial charge >= 0.3 is 0 Å². The zero-order chi connectivity index (χ0) is 10.1. The molecule has 1 amide bonds. The summed E-state index contributed by atoms with van der Waals surface area (Å²) in [5.41, 5.74) is 2.74. The summed E-state index contributed by atoms with van der Waals surface area (Å²) in [7, 11) is 0. The van der Waals surface area contributed by atoms with E-state index >= 15 is 0 Å². The minimum atomic E-state index is 0.00694. The number of hydrogen-bond acceptors (Lipinski definition) is 1.